The lowest BCUT2D eigenvalue weighted by Crippen LogP contribution is -2.62. The second kappa shape index (κ2) is 4.19. The molecule has 0 spiro atoms. The van der Waals surface area contributed by atoms with Gasteiger partial charge < -0.3 is 0 Å². The predicted octanol–water partition coefficient (Wildman–Crippen LogP) is 2.55. The van der Waals surface area contributed by atoms with Crippen LogP contribution < -0.4 is 0 Å². The summed E-state index contributed by atoms with van der Waals surface area (Å²) in [6, 6.07) is 0.662. The molecule has 0 amide bonds. The summed E-state index contributed by atoms with van der Waals surface area (Å²) in [5.41, 5.74) is 0.375. The molecule has 14 heavy (non-hydrogen) atoms. The molecule has 2 nitrogen and oxygen atoms in total. The smallest absolute Gasteiger partial charge is 0.0600 e. The van der Waals surface area contributed by atoms with E-state index in [1.807, 2.05) is 0 Å². The van der Waals surface area contributed by atoms with Gasteiger partial charge in [-0.1, -0.05) is 6.92 Å². The highest BCUT2D eigenvalue weighted by molar-refractivity contribution is 4.91. The van der Waals surface area contributed by atoms with Gasteiger partial charge in [0.1, 0.15) is 0 Å². The number of hydrogen-bond donors (Lipinski definition) is 0. The van der Waals surface area contributed by atoms with Gasteiger partial charge in [0.05, 0.1) is 6.17 Å². The Bertz CT molecular complexity index is 187. The first-order valence-corrected chi connectivity index (χ1v) is 5.92. The van der Waals surface area contributed by atoms with Crippen LogP contribution in [0.15, 0.2) is 0 Å². The molecule has 1 aliphatic rings. The predicted molar refractivity (Wildman–Crippen MR) is 62.4 cm³/mol. The lowest BCUT2D eigenvalue weighted by molar-refractivity contribution is -0.0725. The maximum absolute atomic E-state index is 2.61. The molecule has 1 heterocycles. The third-order valence-corrected chi connectivity index (χ3v) is 3.69. The first kappa shape index (κ1) is 12.0. The van der Waals surface area contributed by atoms with Crippen molar-refractivity contribution >= 4 is 0 Å². The molecular weight excluding hydrogens is 172 g/mol. The summed E-state index contributed by atoms with van der Waals surface area (Å²) in [6.45, 7) is 16.3. The summed E-state index contributed by atoms with van der Waals surface area (Å²) in [6.07, 6.45) is 1.87. The minimum Gasteiger partial charge on any atom is -0.286 e. The highest BCUT2D eigenvalue weighted by Crippen LogP contribution is 2.29. The van der Waals surface area contributed by atoms with E-state index in [9.17, 15) is 0 Å². The van der Waals surface area contributed by atoms with E-state index in [1.54, 1.807) is 0 Å². The topological polar surface area (TPSA) is 6.48 Å². The van der Waals surface area contributed by atoms with Crippen molar-refractivity contribution in [3.63, 3.8) is 0 Å². The van der Waals surface area contributed by atoms with Crippen molar-refractivity contribution in [2.75, 3.05) is 13.1 Å². The molecule has 0 saturated carbocycles. The van der Waals surface area contributed by atoms with E-state index < -0.39 is 0 Å². The van der Waals surface area contributed by atoms with Crippen molar-refractivity contribution < 1.29 is 0 Å². The molecule has 0 aromatic carbocycles. The van der Waals surface area contributed by atoms with Crippen molar-refractivity contribution in [1.29, 1.82) is 0 Å². The molecule has 0 aromatic heterocycles. The molecule has 84 valence electrons. The highest BCUT2D eigenvalue weighted by Gasteiger charge is 2.37. The second-order valence-corrected chi connectivity index (χ2v) is 5.31. The van der Waals surface area contributed by atoms with Crippen LogP contribution in [0.1, 0.15) is 48.0 Å². The van der Waals surface area contributed by atoms with Gasteiger partial charge in [-0.2, -0.15) is 0 Å². The molecule has 0 bridgehead atoms. The van der Waals surface area contributed by atoms with Crippen LogP contribution in [0.4, 0.5) is 0 Å². The van der Waals surface area contributed by atoms with E-state index in [0.717, 1.165) is 6.54 Å². The van der Waals surface area contributed by atoms with Gasteiger partial charge in [0.2, 0.25) is 0 Å². The quantitative estimate of drug-likeness (QED) is 0.673. The highest BCUT2D eigenvalue weighted by atomic mass is 15.4. The Morgan fingerprint density at radius 2 is 1.93 bits per heavy atom. The Hall–Kier alpha value is -0.0800. The van der Waals surface area contributed by atoms with Crippen molar-refractivity contribution in [3.05, 3.63) is 0 Å². The first-order chi connectivity index (χ1) is 6.40. The average Bonchev–Trinajstić information content (AvgIpc) is 2.02. The molecule has 0 N–H and O–H groups in total. The van der Waals surface area contributed by atoms with Crippen LogP contribution in [-0.4, -0.2) is 40.6 Å². The molecular formula is C12H26N2. The largest absolute Gasteiger partial charge is 0.286 e. The van der Waals surface area contributed by atoms with Crippen LogP contribution >= 0.6 is 0 Å². The van der Waals surface area contributed by atoms with E-state index in [2.05, 4.69) is 51.3 Å². The van der Waals surface area contributed by atoms with Crippen molar-refractivity contribution in [2.45, 2.75) is 65.7 Å². The van der Waals surface area contributed by atoms with Gasteiger partial charge >= 0.3 is 0 Å². The van der Waals surface area contributed by atoms with Gasteiger partial charge in [0.25, 0.3) is 0 Å². The van der Waals surface area contributed by atoms with Crippen molar-refractivity contribution in [1.82, 2.24) is 9.80 Å². The van der Waals surface area contributed by atoms with Crippen LogP contribution in [0.3, 0.4) is 0 Å². The monoisotopic (exact) mass is 198 g/mol. The van der Waals surface area contributed by atoms with Gasteiger partial charge in [-0.15, -0.1) is 0 Å². The second-order valence-electron chi connectivity index (χ2n) is 5.31. The van der Waals surface area contributed by atoms with Crippen LogP contribution in [0.25, 0.3) is 0 Å². The summed E-state index contributed by atoms with van der Waals surface area (Å²) in [4.78, 5) is 5.20. The Labute approximate surface area is 89.3 Å². The summed E-state index contributed by atoms with van der Waals surface area (Å²) >= 11 is 0. The third-order valence-electron chi connectivity index (χ3n) is 3.69. The molecule has 1 unspecified atom stereocenters. The minimum atomic E-state index is 0.375. The Morgan fingerprint density at radius 1 is 1.36 bits per heavy atom. The van der Waals surface area contributed by atoms with E-state index in [0.29, 0.717) is 17.7 Å². The van der Waals surface area contributed by atoms with Gasteiger partial charge in [-0.05, 0) is 47.6 Å². The van der Waals surface area contributed by atoms with E-state index in [-0.39, 0.29) is 0 Å². The Balaban J connectivity index is 2.77. The van der Waals surface area contributed by atoms with E-state index in [4.69, 9.17) is 0 Å². The Morgan fingerprint density at radius 3 is 2.36 bits per heavy atom. The normalized spacial score (nSPS) is 29.8. The van der Waals surface area contributed by atoms with Crippen LogP contribution in [0.2, 0.25) is 0 Å². The number of rotatable bonds is 2. The zero-order valence-corrected chi connectivity index (χ0v) is 10.7. The molecule has 1 saturated heterocycles. The first-order valence-electron chi connectivity index (χ1n) is 5.92. The molecule has 0 aliphatic carbocycles. The lowest BCUT2D eigenvalue weighted by Gasteiger charge is -2.52. The van der Waals surface area contributed by atoms with E-state index >= 15 is 0 Å². The summed E-state index contributed by atoms with van der Waals surface area (Å²) < 4.78 is 0. The molecule has 1 atom stereocenters. The van der Waals surface area contributed by atoms with E-state index in [1.165, 1.54) is 13.0 Å². The summed E-state index contributed by atoms with van der Waals surface area (Å²) in [5.74, 6) is 0. The fourth-order valence-corrected chi connectivity index (χ4v) is 2.80. The maximum Gasteiger partial charge on any atom is 0.0600 e. The fourth-order valence-electron chi connectivity index (χ4n) is 2.80. The van der Waals surface area contributed by atoms with Crippen molar-refractivity contribution in [2.24, 2.45) is 0 Å². The maximum atomic E-state index is 2.61. The standard InChI is InChI=1S/C12H26N2/c1-7-14-11(4)13(10(2)3)9-8-12(14,5)6/h10-11H,7-9H2,1-6H3. The molecule has 2 heteroatoms. The summed E-state index contributed by atoms with van der Waals surface area (Å²) in [7, 11) is 0. The Kier molecular flexibility index (Phi) is 3.59. The van der Waals surface area contributed by atoms with Crippen LogP contribution in [0.5, 0.6) is 0 Å². The minimum absolute atomic E-state index is 0.375. The van der Waals surface area contributed by atoms with Crippen LogP contribution in [-0.2, 0) is 0 Å². The molecule has 1 rings (SSSR count). The lowest BCUT2D eigenvalue weighted by atomic mass is 9.93. The SMILES string of the molecule is CCN1C(C)N(C(C)C)CCC1(C)C. The van der Waals surface area contributed by atoms with Gasteiger partial charge in [-0.3, -0.25) is 9.80 Å². The van der Waals surface area contributed by atoms with Crippen molar-refractivity contribution in [3.8, 4) is 0 Å². The molecule has 0 radical (unpaired) electrons. The molecule has 0 aromatic rings. The summed E-state index contributed by atoms with van der Waals surface area (Å²) in [5, 5.41) is 0. The van der Waals surface area contributed by atoms with Gasteiger partial charge in [0, 0.05) is 18.1 Å². The fraction of sp³-hybridized carbons (Fsp3) is 1.00. The van der Waals surface area contributed by atoms with Gasteiger partial charge in [0.15, 0.2) is 0 Å². The number of hydrogen-bond acceptors (Lipinski definition) is 2. The van der Waals surface area contributed by atoms with Gasteiger partial charge in [-0.25, -0.2) is 0 Å². The molecule has 1 aliphatic heterocycles. The third kappa shape index (κ3) is 2.12. The average molecular weight is 198 g/mol. The zero-order valence-electron chi connectivity index (χ0n) is 10.7. The zero-order chi connectivity index (χ0) is 10.9. The molecule has 1 fully saturated rings. The number of nitrogens with zero attached hydrogens (tertiary/aromatic N) is 2. The van der Waals surface area contributed by atoms with Crippen LogP contribution in [0, 0.1) is 0 Å².